The summed E-state index contributed by atoms with van der Waals surface area (Å²) in [5.41, 5.74) is 7.98. The molecule has 0 bridgehead atoms. The van der Waals surface area contributed by atoms with Crippen molar-refractivity contribution in [1.82, 2.24) is 15.5 Å². The van der Waals surface area contributed by atoms with E-state index in [1.54, 1.807) is 20.8 Å². The molecule has 0 spiro atoms. The molecule has 0 aliphatic rings. The number of hydrogen-bond donors (Lipinski definition) is 3. The number of primary amides is 1. The predicted molar refractivity (Wildman–Crippen MR) is 155 cm³/mol. The van der Waals surface area contributed by atoms with Crippen LogP contribution in [0.25, 0.3) is 0 Å². The van der Waals surface area contributed by atoms with E-state index in [1.807, 2.05) is 69.3 Å². The van der Waals surface area contributed by atoms with Crippen molar-refractivity contribution in [1.29, 1.82) is 0 Å². The fraction of sp³-hybridized carbons (Fsp3) is 0.484. The fourth-order valence-electron chi connectivity index (χ4n) is 4.52. The molecule has 4 amide bonds. The molecule has 218 valence electrons. The number of carbonyl (C=O) groups excluding carboxylic acids is 4. The minimum absolute atomic E-state index is 0.245. The number of unbranched alkanes of at least 4 members (excludes halogenated alkanes) is 2. The topological polar surface area (TPSA) is 131 Å². The van der Waals surface area contributed by atoms with Gasteiger partial charge in [0.25, 0.3) is 0 Å². The molecular formula is C31H44N4O5. The van der Waals surface area contributed by atoms with Gasteiger partial charge < -0.3 is 26.0 Å². The highest BCUT2D eigenvalue weighted by Crippen LogP contribution is 2.29. The van der Waals surface area contributed by atoms with Crippen LogP contribution < -0.4 is 16.4 Å². The third-order valence-electron chi connectivity index (χ3n) is 6.37. The molecule has 2 rings (SSSR count). The first-order valence-electron chi connectivity index (χ1n) is 13.8. The summed E-state index contributed by atoms with van der Waals surface area (Å²) in [5, 5.41) is 5.52. The Balaban J connectivity index is 2.55. The van der Waals surface area contributed by atoms with E-state index in [2.05, 4.69) is 10.6 Å². The summed E-state index contributed by atoms with van der Waals surface area (Å²) in [6.07, 6.45) is 1.07. The molecule has 4 N–H and O–H groups in total. The van der Waals surface area contributed by atoms with Crippen LogP contribution in [0.4, 0.5) is 4.79 Å². The quantitative estimate of drug-likeness (QED) is 0.316. The Morgan fingerprint density at radius 1 is 0.950 bits per heavy atom. The Hall–Kier alpha value is -3.88. The van der Waals surface area contributed by atoms with Crippen LogP contribution in [-0.4, -0.2) is 46.9 Å². The van der Waals surface area contributed by atoms with Crippen molar-refractivity contribution < 1.29 is 23.9 Å². The fourth-order valence-corrected chi connectivity index (χ4v) is 4.52. The van der Waals surface area contributed by atoms with Crippen molar-refractivity contribution in [3.8, 4) is 0 Å². The zero-order chi connectivity index (χ0) is 29.9. The molecular weight excluding hydrogens is 508 g/mol. The Kier molecular flexibility index (Phi) is 12.2. The predicted octanol–water partition coefficient (Wildman–Crippen LogP) is 4.45. The van der Waals surface area contributed by atoms with E-state index in [0.29, 0.717) is 12.0 Å². The van der Waals surface area contributed by atoms with Gasteiger partial charge in [-0.1, -0.05) is 68.3 Å². The van der Waals surface area contributed by atoms with E-state index in [1.165, 1.54) is 4.90 Å². The molecule has 0 aliphatic carbocycles. The number of ether oxygens (including phenoxy) is 1. The highest BCUT2D eigenvalue weighted by Gasteiger charge is 2.37. The molecule has 9 heteroatoms. The van der Waals surface area contributed by atoms with E-state index < -0.39 is 42.0 Å². The van der Waals surface area contributed by atoms with Crippen LogP contribution in [0.2, 0.25) is 0 Å². The third kappa shape index (κ3) is 10.0. The zero-order valence-electron chi connectivity index (χ0n) is 24.6. The molecule has 0 aromatic heterocycles. The summed E-state index contributed by atoms with van der Waals surface area (Å²) in [4.78, 5) is 54.2. The SMILES string of the molecule is CCCCCN(C(=O)C(CC(N)=O)NC(=O)OC(C)(C)C)C(C(=O)NCc1ccccc1)c1c(C)cccc1C. The van der Waals surface area contributed by atoms with Crippen molar-refractivity contribution >= 4 is 23.8 Å². The molecule has 0 saturated heterocycles. The minimum Gasteiger partial charge on any atom is -0.444 e. The summed E-state index contributed by atoms with van der Waals surface area (Å²) in [7, 11) is 0. The highest BCUT2D eigenvalue weighted by molar-refractivity contribution is 5.94. The maximum Gasteiger partial charge on any atom is 0.408 e. The summed E-state index contributed by atoms with van der Waals surface area (Å²) in [6, 6.07) is 12.9. The number of nitrogens with one attached hydrogen (secondary N) is 2. The maximum absolute atomic E-state index is 14.2. The van der Waals surface area contributed by atoms with Crippen molar-refractivity contribution in [2.75, 3.05) is 6.54 Å². The molecule has 2 aromatic rings. The number of aryl methyl sites for hydroxylation is 2. The molecule has 40 heavy (non-hydrogen) atoms. The van der Waals surface area contributed by atoms with Crippen LogP contribution in [0.5, 0.6) is 0 Å². The van der Waals surface area contributed by atoms with E-state index in [9.17, 15) is 19.2 Å². The van der Waals surface area contributed by atoms with Gasteiger partial charge in [-0.3, -0.25) is 14.4 Å². The summed E-state index contributed by atoms with van der Waals surface area (Å²) in [5.74, 6) is -1.70. The number of alkyl carbamates (subject to hydrolysis) is 1. The number of nitrogens with two attached hydrogens (primary N) is 1. The van der Waals surface area contributed by atoms with Crippen LogP contribution in [0.15, 0.2) is 48.5 Å². The van der Waals surface area contributed by atoms with E-state index >= 15 is 0 Å². The average molecular weight is 553 g/mol. The van der Waals surface area contributed by atoms with E-state index in [4.69, 9.17) is 10.5 Å². The van der Waals surface area contributed by atoms with Gasteiger partial charge in [0.1, 0.15) is 17.7 Å². The molecule has 2 unspecified atom stereocenters. The second-order valence-electron chi connectivity index (χ2n) is 11.0. The molecule has 2 aromatic carbocycles. The smallest absolute Gasteiger partial charge is 0.408 e. The lowest BCUT2D eigenvalue weighted by Gasteiger charge is -2.35. The van der Waals surface area contributed by atoms with Crippen molar-refractivity contribution in [3.05, 3.63) is 70.8 Å². The first-order valence-corrected chi connectivity index (χ1v) is 13.8. The zero-order valence-corrected chi connectivity index (χ0v) is 24.6. The monoisotopic (exact) mass is 552 g/mol. The van der Waals surface area contributed by atoms with Gasteiger partial charge in [0.2, 0.25) is 17.7 Å². The molecule has 0 heterocycles. The van der Waals surface area contributed by atoms with Crippen molar-refractivity contribution in [3.63, 3.8) is 0 Å². The third-order valence-corrected chi connectivity index (χ3v) is 6.37. The maximum atomic E-state index is 14.2. The second-order valence-corrected chi connectivity index (χ2v) is 11.0. The molecule has 0 radical (unpaired) electrons. The Morgan fingerprint density at radius 3 is 2.12 bits per heavy atom. The lowest BCUT2D eigenvalue weighted by Crippen LogP contribution is -2.54. The number of nitrogens with zero attached hydrogens (tertiary/aromatic N) is 1. The summed E-state index contributed by atoms with van der Waals surface area (Å²) in [6.45, 7) is 11.5. The van der Waals surface area contributed by atoms with Crippen LogP contribution >= 0.6 is 0 Å². The molecule has 9 nitrogen and oxygen atoms in total. The number of rotatable bonds is 13. The summed E-state index contributed by atoms with van der Waals surface area (Å²) < 4.78 is 5.34. The number of benzene rings is 2. The number of hydrogen-bond acceptors (Lipinski definition) is 5. The van der Waals surface area contributed by atoms with Gasteiger partial charge in [-0.15, -0.1) is 0 Å². The lowest BCUT2D eigenvalue weighted by atomic mass is 9.93. The molecule has 0 fully saturated rings. The van der Waals surface area contributed by atoms with Crippen LogP contribution in [0, 0.1) is 13.8 Å². The van der Waals surface area contributed by atoms with Crippen molar-refractivity contribution in [2.24, 2.45) is 5.73 Å². The van der Waals surface area contributed by atoms with Gasteiger partial charge >= 0.3 is 6.09 Å². The molecule has 0 saturated carbocycles. The molecule has 2 atom stereocenters. The van der Waals surface area contributed by atoms with Gasteiger partial charge in [-0.2, -0.15) is 0 Å². The van der Waals surface area contributed by atoms with Crippen LogP contribution in [-0.2, 0) is 25.7 Å². The van der Waals surface area contributed by atoms with E-state index in [0.717, 1.165) is 29.5 Å². The second kappa shape index (κ2) is 15.1. The first-order chi connectivity index (χ1) is 18.8. The van der Waals surface area contributed by atoms with Gasteiger partial charge in [0, 0.05) is 13.1 Å². The standard InChI is InChI=1S/C31H44N4O5/c1-7-8-12-18-35(29(38)24(19-25(32)36)34-30(39)40-31(4,5)6)27(26-21(2)14-13-15-22(26)3)28(37)33-20-23-16-10-9-11-17-23/h9-11,13-17,24,27H,7-8,12,18-20H2,1-6H3,(H2,32,36)(H,33,37)(H,34,39). The van der Waals surface area contributed by atoms with Crippen molar-refractivity contribution in [2.45, 2.75) is 91.5 Å². The Bertz CT molecular complexity index is 1140. The van der Waals surface area contributed by atoms with Gasteiger partial charge in [0.05, 0.1) is 6.42 Å². The molecule has 0 aliphatic heterocycles. The Morgan fingerprint density at radius 2 is 1.57 bits per heavy atom. The van der Waals surface area contributed by atoms with Gasteiger partial charge in [0.15, 0.2) is 0 Å². The van der Waals surface area contributed by atoms with E-state index in [-0.39, 0.29) is 19.0 Å². The van der Waals surface area contributed by atoms with Gasteiger partial charge in [-0.25, -0.2) is 4.79 Å². The highest BCUT2D eigenvalue weighted by atomic mass is 16.6. The number of amides is 4. The normalized spacial score (nSPS) is 12.7. The number of carbonyl (C=O) groups is 4. The lowest BCUT2D eigenvalue weighted by molar-refractivity contribution is -0.143. The largest absolute Gasteiger partial charge is 0.444 e. The minimum atomic E-state index is -1.30. The van der Waals surface area contributed by atoms with Crippen LogP contribution in [0.1, 0.15) is 81.7 Å². The van der Waals surface area contributed by atoms with Crippen LogP contribution in [0.3, 0.4) is 0 Å². The Labute approximate surface area is 237 Å². The summed E-state index contributed by atoms with van der Waals surface area (Å²) >= 11 is 0. The average Bonchev–Trinajstić information content (AvgIpc) is 2.86. The first kappa shape index (κ1) is 32.3. The van der Waals surface area contributed by atoms with Gasteiger partial charge in [-0.05, 0) is 63.3 Å².